The topological polar surface area (TPSA) is 46.2 Å². The van der Waals surface area contributed by atoms with Gasteiger partial charge in [0, 0.05) is 24.6 Å². The minimum Gasteiger partial charge on any atom is -0.207 e. The molecule has 7 heteroatoms. The average Bonchev–Trinajstić information content (AvgIpc) is 2.25. The van der Waals surface area contributed by atoms with Crippen LogP contribution in [0.3, 0.4) is 0 Å². The predicted octanol–water partition coefficient (Wildman–Crippen LogP) is 2.18. The molecule has 0 aliphatic carbocycles. The summed E-state index contributed by atoms with van der Waals surface area (Å²) in [6.45, 7) is 1.67. The smallest absolute Gasteiger partial charge is 0.207 e. The Morgan fingerprint density at radius 1 is 1.32 bits per heavy atom. The highest BCUT2D eigenvalue weighted by molar-refractivity contribution is 7.89. The van der Waals surface area contributed by atoms with Crippen LogP contribution in [0.1, 0.15) is 19.8 Å². The van der Waals surface area contributed by atoms with Crippen molar-refractivity contribution in [3.8, 4) is 12.3 Å². The van der Waals surface area contributed by atoms with Gasteiger partial charge in [0.2, 0.25) is 10.0 Å². The zero-order valence-electron chi connectivity index (χ0n) is 10.1. The van der Waals surface area contributed by atoms with Gasteiger partial charge in [0.05, 0.1) is 0 Å². The summed E-state index contributed by atoms with van der Waals surface area (Å²) in [6, 6.07) is -0.0293. The fraction of sp³-hybridized carbons (Fsp3) is 0.333. The molecule has 0 amide bonds. The molecule has 1 N–H and O–H groups in total. The molecule has 1 aromatic rings. The lowest BCUT2D eigenvalue weighted by Crippen LogP contribution is -2.35. The van der Waals surface area contributed by atoms with Crippen LogP contribution >= 0.6 is 0 Å². The average molecular weight is 291 g/mol. The Morgan fingerprint density at radius 3 is 2.26 bits per heavy atom. The largest absolute Gasteiger partial charge is 0.246 e. The summed E-state index contributed by atoms with van der Waals surface area (Å²) in [5.41, 5.74) is 0. The third kappa shape index (κ3) is 3.72. The summed E-state index contributed by atoms with van der Waals surface area (Å²) in [4.78, 5) is -1.20. The van der Waals surface area contributed by atoms with Gasteiger partial charge in [-0.15, -0.1) is 12.3 Å². The molecule has 0 heterocycles. The van der Waals surface area contributed by atoms with Crippen molar-refractivity contribution in [1.29, 1.82) is 0 Å². The lowest BCUT2D eigenvalue weighted by molar-refractivity contribution is 0.487. The number of rotatable bonds is 5. The minimum absolute atomic E-state index is 0.0835. The van der Waals surface area contributed by atoms with E-state index in [1.54, 1.807) is 6.92 Å². The highest BCUT2D eigenvalue weighted by Crippen LogP contribution is 2.20. The molecule has 19 heavy (non-hydrogen) atoms. The van der Waals surface area contributed by atoms with Gasteiger partial charge in [0.25, 0.3) is 0 Å². The molecule has 0 aliphatic rings. The zero-order valence-corrected chi connectivity index (χ0v) is 10.9. The van der Waals surface area contributed by atoms with Crippen molar-refractivity contribution in [2.45, 2.75) is 30.7 Å². The van der Waals surface area contributed by atoms with Crippen LogP contribution in [0.2, 0.25) is 0 Å². The molecular weight excluding hydrogens is 279 g/mol. The molecule has 0 bridgehead atoms. The maximum absolute atomic E-state index is 13.4. The van der Waals surface area contributed by atoms with Crippen LogP contribution in [-0.4, -0.2) is 14.5 Å². The van der Waals surface area contributed by atoms with Crippen LogP contribution in [0.4, 0.5) is 13.2 Å². The van der Waals surface area contributed by atoms with Gasteiger partial charge in [-0.2, -0.15) is 0 Å². The molecule has 0 fully saturated rings. The van der Waals surface area contributed by atoms with E-state index in [-0.39, 0.29) is 6.42 Å². The van der Waals surface area contributed by atoms with Crippen molar-refractivity contribution in [3.05, 3.63) is 29.6 Å². The SMILES string of the molecule is C#CCC(CC)NS(=O)(=O)c1c(F)cc(F)cc1F. The fourth-order valence-electron chi connectivity index (χ4n) is 1.48. The standard InChI is InChI=1S/C12H12F3NO2S/c1-3-5-9(4-2)16-19(17,18)12-10(14)6-8(13)7-11(12)15/h1,6-7,9,16H,4-5H2,2H3. The maximum Gasteiger partial charge on any atom is 0.246 e. The van der Waals surface area contributed by atoms with Crippen molar-refractivity contribution < 1.29 is 21.6 Å². The second-order valence-corrected chi connectivity index (χ2v) is 5.48. The predicted molar refractivity (Wildman–Crippen MR) is 64.2 cm³/mol. The van der Waals surface area contributed by atoms with Gasteiger partial charge in [-0.1, -0.05) is 6.92 Å². The Hall–Kier alpha value is -1.52. The Labute approximate surface area is 109 Å². The van der Waals surface area contributed by atoms with Gasteiger partial charge in [-0.3, -0.25) is 0 Å². The molecule has 0 aliphatic heterocycles. The summed E-state index contributed by atoms with van der Waals surface area (Å²) < 4.78 is 65.3. The molecule has 1 rings (SSSR count). The molecule has 104 valence electrons. The van der Waals surface area contributed by atoms with Crippen LogP contribution in [0.25, 0.3) is 0 Å². The number of hydrogen-bond donors (Lipinski definition) is 1. The molecule has 0 saturated heterocycles. The van der Waals surface area contributed by atoms with Crippen LogP contribution in [0.15, 0.2) is 17.0 Å². The van der Waals surface area contributed by atoms with Crippen LogP contribution < -0.4 is 4.72 Å². The van der Waals surface area contributed by atoms with E-state index in [2.05, 4.69) is 10.6 Å². The lowest BCUT2D eigenvalue weighted by Gasteiger charge is -2.15. The first kappa shape index (κ1) is 15.5. The van der Waals surface area contributed by atoms with E-state index >= 15 is 0 Å². The summed E-state index contributed by atoms with van der Waals surface area (Å²) in [5.74, 6) is -1.90. The minimum atomic E-state index is -4.43. The quantitative estimate of drug-likeness (QED) is 0.845. The molecule has 1 atom stereocenters. The number of nitrogens with one attached hydrogen (secondary N) is 1. The van der Waals surface area contributed by atoms with Gasteiger partial charge in [-0.25, -0.2) is 26.3 Å². The second kappa shape index (κ2) is 6.08. The van der Waals surface area contributed by atoms with Crippen molar-refractivity contribution in [2.24, 2.45) is 0 Å². The summed E-state index contributed by atoms with van der Waals surface area (Å²) in [5, 5.41) is 0. The Bertz CT molecular complexity index is 585. The monoisotopic (exact) mass is 291 g/mol. The highest BCUT2D eigenvalue weighted by atomic mass is 32.2. The number of halogens is 3. The Balaban J connectivity index is 3.18. The van der Waals surface area contributed by atoms with E-state index in [4.69, 9.17) is 6.42 Å². The second-order valence-electron chi connectivity index (χ2n) is 3.83. The number of benzene rings is 1. The molecule has 1 aromatic carbocycles. The lowest BCUT2D eigenvalue weighted by atomic mass is 10.2. The zero-order chi connectivity index (χ0) is 14.6. The number of hydrogen-bond acceptors (Lipinski definition) is 2. The summed E-state index contributed by atoms with van der Waals surface area (Å²) in [7, 11) is -4.43. The van der Waals surface area contributed by atoms with E-state index in [1.807, 2.05) is 0 Å². The molecular formula is C12H12F3NO2S. The first-order valence-electron chi connectivity index (χ1n) is 5.42. The highest BCUT2D eigenvalue weighted by Gasteiger charge is 2.27. The molecule has 1 unspecified atom stereocenters. The van der Waals surface area contributed by atoms with Gasteiger partial charge in [0.1, 0.15) is 17.5 Å². The Kier molecular flexibility index (Phi) is 4.97. The van der Waals surface area contributed by atoms with Crippen molar-refractivity contribution in [2.75, 3.05) is 0 Å². The molecule has 0 saturated carbocycles. The van der Waals surface area contributed by atoms with Crippen LogP contribution in [-0.2, 0) is 10.0 Å². The fourth-order valence-corrected chi connectivity index (χ4v) is 2.91. The van der Waals surface area contributed by atoms with Gasteiger partial charge >= 0.3 is 0 Å². The van der Waals surface area contributed by atoms with E-state index < -0.39 is 38.4 Å². The third-order valence-electron chi connectivity index (χ3n) is 2.41. The van der Waals surface area contributed by atoms with E-state index in [0.717, 1.165) is 0 Å². The van der Waals surface area contributed by atoms with Gasteiger partial charge in [0.15, 0.2) is 4.90 Å². The molecule has 0 spiro atoms. The number of sulfonamides is 1. The van der Waals surface area contributed by atoms with Gasteiger partial charge < -0.3 is 0 Å². The molecule has 0 radical (unpaired) electrons. The van der Waals surface area contributed by atoms with Crippen molar-refractivity contribution >= 4 is 10.0 Å². The third-order valence-corrected chi connectivity index (χ3v) is 3.98. The normalized spacial score (nSPS) is 13.0. The van der Waals surface area contributed by atoms with Crippen LogP contribution in [0, 0.1) is 29.8 Å². The van der Waals surface area contributed by atoms with Crippen LogP contribution in [0.5, 0.6) is 0 Å². The maximum atomic E-state index is 13.4. The first-order valence-corrected chi connectivity index (χ1v) is 6.90. The molecule has 3 nitrogen and oxygen atoms in total. The van der Waals surface area contributed by atoms with E-state index in [9.17, 15) is 21.6 Å². The summed E-state index contributed by atoms with van der Waals surface area (Å²) >= 11 is 0. The number of terminal acetylenes is 1. The molecule has 0 aromatic heterocycles. The van der Waals surface area contributed by atoms with E-state index in [1.165, 1.54) is 0 Å². The van der Waals surface area contributed by atoms with Crippen molar-refractivity contribution in [3.63, 3.8) is 0 Å². The van der Waals surface area contributed by atoms with Crippen molar-refractivity contribution in [1.82, 2.24) is 4.72 Å². The first-order chi connectivity index (χ1) is 8.81. The Morgan fingerprint density at radius 2 is 1.84 bits per heavy atom. The summed E-state index contributed by atoms with van der Waals surface area (Å²) in [6.07, 6.45) is 5.50. The van der Waals surface area contributed by atoms with Gasteiger partial charge in [-0.05, 0) is 6.42 Å². The van der Waals surface area contributed by atoms with E-state index in [0.29, 0.717) is 18.6 Å².